The minimum atomic E-state index is -0.272. The van der Waals surface area contributed by atoms with Gasteiger partial charge in [-0.3, -0.25) is 4.79 Å². The third-order valence-corrected chi connectivity index (χ3v) is 7.45. The number of methoxy groups -OCH3 is 1. The predicted octanol–water partition coefficient (Wildman–Crippen LogP) is 5.72. The molecule has 0 fully saturated rings. The fourth-order valence-corrected chi connectivity index (χ4v) is 5.70. The predicted molar refractivity (Wildman–Crippen MR) is 121 cm³/mol. The molecular weight excluding hydrogens is 478 g/mol. The zero-order chi connectivity index (χ0) is 19.9. The molecule has 9 heteroatoms. The van der Waals surface area contributed by atoms with Gasteiger partial charge in [-0.2, -0.15) is 0 Å². The van der Waals surface area contributed by atoms with Crippen LogP contribution in [-0.4, -0.2) is 28.5 Å². The number of amides is 1. The second kappa shape index (κ2) is 10.3. The fraction of sp³-hybridized carbons (Fsp3) is 0.211. The van der Waals surface area contributed by atoms with Gasteiger partial charge in [0, 0.05) is 15.9 Å². The largest absolute Gasteiger partial charge is 0.497 e. The number of nitrogens with one attached hydrogen (secondary N) is 1. The average Bonchev–Trinajstić information content (AvgIpc) is 3.14. The Balaban J connectivity index is 1.50. The van der Waals surface area contributed by atoms with E-state index in [1.807, 2.05) is 55.5 Å². The fourth-order valence-electron chi connectivity index (χ4n) is 2.18. The number of carbonyl (C=O) groups excluding carboxylic acids is 1. The number of carbonyl (C=O) groups is 1. The summed E-state index contributed by atoms with van der Waals surface area (Å²) in [5.74, 6) is 1.59. The van der Waals surface area contributed by atoms with Gasteiger partial charge in [-0.25, -0.2) is 0 Å². The lowest BCUT2D eigenvalue weighted by molar-refractivity contribution is -0.115. The Kier molecular flexibility index (Phi) is 7.78. The summed E-state index contributed by atoms with van der Waals surface area (Å²) in [7, 11) is 1.66. The maximum absolute atomic E-state index is 12.4. The summed E-state index contributed by atoms with van der Waals surface area (Å²) in [5, 5.41) is 11.1. The standard InChI is InChI=1S/C19H18BrN3O2S3/c1-12(17(24)21-15-5-3-4-14(20)10-15)27-19-23-22-18(28-19)26-11-13-6-8-16(25-2)9-7-13/h3-10,12H,11H2,1-2H3,(H,21,24). The molecule has 1 atom stereocenters. The number of anilines is 1. The highest BCUT2D eigenvalue weighted by molar-refractivity contribution is 9.10. The molecule has 1 unspecified atom stereocenters. The van der Waals surface area contributed by atoms with E-state index in [0.717, 1.165) is 30.3 Å². The Bertz CT molecular complexity index is 934. The van der Waals surface area contributed by atoms with Gasteiger partial charge >= 0.3 is 0 Å². The lowest BCUT2D eigenvalue weighted by atomic mass is 10.2. The summed E-state index contributed by atoms with van der Waals surface area (Å²) in [6, 6.07) is 15.5. The molecule has 0 saturated heterocycles. The first-order valence-electron chi connectivity index (χ1n) is 8.36. The third kappa shape index (κ3) is 6.23. The topological polar surface area (TPSA) is 64.1 Å². The molecule has 0 aliphatic carbocycles. The number of hydrogen-bond acceptors (Lipinski definition) is 7. The van der Waals surface area contributed by atoms with Crippen molar-refractivity contribution in [1.29, 1.82) is 0 Å². The van der Waals surface area contributed by atoms with Crippen LogP contribution in [0.2, 0.25) is 0 Å². The van der Waals surface area contributed by atoms with Crippen LogP contribution in [0.1, 0.15) is 12.5 Å². The van der Waals surface area contributed by atoms with Crippen LogP contribution in [0.25, 0.3) is 0 Å². The molecule has 2 aromatic carbocycles. The van der Waals surface area contributed by atoms with Crippen molar-refractivity contribution >= 4 is 62.4 Å². The Morgan fingerprint density at radius 1 is 1.21 bits per heavy atom. The average molecular weight is 496 g/mol. The molecule has 3 rings (SSSR count). The van der Waals surface area contributed by atoms with Crippen LogP contribution < -0.4 is 10.1 Å². The van der Waals surface area contributed by atoms with Crippen molar-refractivity contribution in [3.63, 3.8) is 0 Å². The minimum absolute atomic E-state index is 0.0641. The summed E-state index contributed by atoms with van der Waals surface area (Å²) in [5.41, 5.74) is 1.96. The van der Waals surface area contributed by atoms with Gasteiger partial charge in [0.15, 0.2) is 8.68 Å². The second-order valence-electron chi connectivity index (χ2n) is 5.73. The highest BCUT2D eigenvalue weighted by Gasteiger charge is 2.17. The Morgan fingerprint density at radius 3 is 2.68 bits per heavy atom. The molecule has 0 aliphatic heterocycles. The quantitative estimate of drug-likeness (QED) is 0.403. The lowest BCUT2D eigenvalue weighted by Crippen LogP contribution is -2.22. The zero-order valence-corrected chi connectivity index (χ0v) is 19.3. The van der Waals surface area contributed by atoms with Crippen LogP contribution in [-0.2, 0) is 10.5 Å². The van der Waals surface area contributed by atoms with Crippen molar-refractivity contribution in [2.75, 3.05) is 12.4 Å². The first-order valence-corrected chi connectivity index (χ1v) is 11.8. The van der Waals surface area contributed by atoms with Crippen molar-refractivity contribution in [1.82, 2.24) is 10.2 Å². The van der Waals surface area contributed by atoms with Crippen LogP contribution in [0.15, 0.2) is 61.7 Å². The number of ether oxygens (including phenoxy) is 1. The number of halogens is 1. The van der Waals surface area contributed by atoms with E-state index in [1.54, 1.807) is 18.9 Å². The van der Waals surface area contributed by atoms with E-state index in [9.17, 15) is 4.79 Å². The molecule has 1 aromatic heterocycles. The van der Waals surface area contributed by atoms with Gasteiger partial charge in [0.1, 0.15) is 5.75 Å². The lowest BCUT2D eigenvalue weighted by Gasteiger charge is -2.10. The number of aromatic nitrogens is 2. The molecule has 5 nitrogen and oxygen atoms in total. The molecule has 0 saturated carbocycles. The maximum atomic E-state index is 12.4. The summed E-state index contributed by atoms with van der Waals surface area (Å²) in [4.78, 5) is 12.4. The van der Waals surface area contributed by atoms with Crippen molar-refractivity contribution in [3.8, 4) is 5.75 Å². The van der Waals surface area contributed by atoms with Gasteiger partial charge in [0.2, 0.25) is 5.91 Å². The Morgan fingerprint density at radius 2 is 1.96 bits per heavy atom. The van der Waals surface area contributed by atoms with E-state index in [1.165, 1.54) is 28.7 Å². The second-order valence-corrected chi connectivity index (χ2v) is 10.4. The number of thioether (sulfide) groups is 2. The summed E-state index contributed by atoms with van der Waals surface area (Å²) in [6.07, 6.45) is 0. The first-order chi connectivity index (χ1) is 13.5. The summed E-state index contributed by atoms with van der Waals surface area (Å²) in [6.45, 7) is 1.86. The van der Waals surface area contributed by atoms with Crippen molar-refractivity contribution in [2.45, 2.75) is 26.6 Å². The monoisotopic (exact) mass is 495 g/mol. The van der Waals surface area contributed by atoms with Crippen molar-refractivity contribution in [3.05, 3.63) is 58.6 Å². The van der Waals surface area contributed by atoms with Crippen LogP contribution >= 0.6 is 50.8 Å². The van der Waals surface area contributed by atoms with Crippen LogP contribution in [0.3, 0.4) is 0 Å². The molecule has 0 radical (unpaired) electrons. The molecule has 3 aromatic rings. The first kappa shape index (κ1) is 21.2. The molecule has 1 amide bonds. The third-order valence-electron chi connectivity index (χ3n) is 3.65. The number of rotatable bonds is 8. The van der Waals surface area contributed by atoms with Gasteiger partial charge in [0.25, 0.3) is 0 Å². The van der Waals surface area contributed by atoms with E-state index < -0.39 is 0 Å². The normalized spacial score (nSPS) is 11.8. The van der Waals surface area contributed by atoms with Crippen LogP contribution in [0.5, 0.6) is 5.75 Å². The molecule has 28 heavy (non-hydrogen) atoms. The maximum Gasteiger partial charge on any atom is 0.237 e. The molecule has 1 heterocycles. The minimum Gasteiger partial charge on any atom is -0.497 e. The van der Waals surface area contributed by atoms with Crippen molar-refractivity contribution in [2.24, 2.45) is 0 Å². The van der Waals surface area contributed by atoms with Crippen LogP contribution in [0, 0.1) is 0 Å². The number of benzene rings is 2. The Hall–Kier alpha value is -1.55. The molecule has 0 bridgehead atoms. The summed E-state index contributed by atoms with van der Waals surface area (Å²) >= 11 is 7.95. The van der Waals surface area contributed by atoms with Gasteiger partial charge in [-0.1, -0.05) is 69.0 Å². The molecule has 0 aliphatic rings. The summed E-state index contributed by atoms with van der Waals surface area (Å²) < 4.78 is 7.77. The number of hydrogen-bond donors (Lipinski definition) is 1. The number of nitrogens with zero attached hydrogens (tertiary/aromatic N) is 2. The van der Waals surface area contributed by atoms with Crippen molar-refractivity contribution < 1.29 is 9.53 Å². The molecule has 146 valence electrons. The smallest absolute Gasteiger partial charge is 0.237 e. The van der Waals surface area contributed by atoms with Gasteiger partial charge in [-0.05, 0) is 42.8 Å². The highest BCUT2D eigenvalue weighted by Crippen LogP contribution is 2.33. The molecule has 0 spiro atoms. The van der Waals surface area contributed by atoms with Gasteiger partial charge in [0.05, 0.1) is 12.4 Å². The Labute approximate surface area is 184 Å². The van der Waals surface area contributed by atoms with Crippen LogP contribution in [0.4, 0.5) is 5.69 Å². The van der Waals surface area contributed by atoms with E-state index in [-0.39, 0.29) is 11.2 Å². The SMILES string of the molecule is COc1ccc(CSc2nnc(SC(C)C(=O)Nc3cccc(Br)c3)s2)cc1. The van der Waals surface area contributed by atoms with E-state index in [2.05, 4.69) is 31.4 Å². The highest BCUT2D eigenvalue weighted by atomic mass is 79.9. The molecular formula is C19H18BrN3O2S3. The van der Waals surface area contributed by atoms with E-state index in [0.29, 0.717) is 0 Å². The molecule has 1 N–H and O–H groups in total. The van der Waals surface area contributed by atoms with Gasteiger partial charge in [-0.15, -0.1) is 10.2 Å². The zero-order valence-electron chi connectivity index (χ0n) is 15.2. The van der Waals surface area contributed by atoms with Gasteiger partial charge < -0.3 is 10.1 Å². The van der Waals surface area contributed by atoms with E-state index >= 15 is 0 Å². The van der Waals surface area contributed by atoms with E-state index in [4.69, 9.17) is 4.74 Å².